The van der Waals surface area contributed by atoms with Crippen molar-refractivity contribution >= 4 is 0 Å². The molecule has 0 saturated heterocycles. The number of rotatable bonds is 4. The summed E-state index contributed by atoms with van der Waals surface area (Å²) in [5, 5.41) is 0. The van der Waals surface area contributed by atoms with Crippen LogP contribution in [-0.4, -0.2) is 17.6 Å². The van der Waals surface area contributed by atoms with E-state index in [9.17, 15) is 0 Å². The van der Waals surface area contributed by atoms with Crippen LogP contribution in [0.2, 0.25) is 0 Å². The van der Waals surface area contributed by atoms with Gasteiger partial charge in [0.25, 0.3) is 0 Å². The van der Waals surface area contributed by atoms with Crippen LogP contribution in [0.1, 0.15) is 143 Å². The Morgan fingerprint density at radius 2 is 0.838 bits per heavy atom. The molecular weight excluding hydrogens is 446 g/mol. The first-order chi connectivity index (χ1) is 16.7. The van der Waals surface area contributed by atoms with Gasteiger partial charge in [0.1, 0.15) is 13.1 Å². The lowest BCUT2D eigenvalue weighted by molar-refractivity contribution is -0.953. The van der Waals surface area contributed by atoms with Crippen molar-refractivity contribution in [3.63, 3.8) is 0 Å². The van der Waals surface area contributed by atoms with Crippen molar-refractivity contribution in [1.29, 1.82) is 0 Å². The minimum Gasteiger partial charge on any atom is -0.316 e. The highest BCUT2D eigenvalue weighted by Crippen LogP contribution is 2.47. The van der Waals surface area contributed by atoms with Crippen molar-refractivity contribution in [2.24, 2.45) is 0 Å². The molecule has 0 unspecified atom stereocenters. The fourth-order valence-electron chi connectivity index (χ4n) is 6.47. The van der Waals surface area contributed by atoms with Crippen molar-refractivity contribution in [2.45, 2.75) is 145 Å². The second kappa shape index (κ2) is 9.86. The number of fused-ring (bicyclic) bond motifs is 3. The van der Waals surface area contributed by atoms with E-state index in [0.717, 1.165) is 13.1 Å². The van der Waals surface area contributed by atoms with Crippen molar-refractivity contribution in [3.8, 4) is 11.1 Å². The van der Waals surface area contributed by atoms with Crippen LogP contribution in [0.5, 0.6) is 0 Å². The molecule has 1 heteroatoms. The summed E-state index contributed by atoms with van der Waals surface area (Å²) >= 11 is 0. The predicted octanol–water partition coefficient (Wildman–Crippen LogP) is 10.2. The van der Waals surface area contributed by atoms with Gasteiger partial charge in [-0.05, 0) is 67.9 Å². The number of nitrogens with zero attached hydrogens (tertiary/aromatic N) is 1. The Labute approximate surface area is 230 Å². The second-order valence-electron chi connectivity index (χ2n) is 16.2. The summed E-state index contributed by atoms with van der Waals surface area (Å²) in [6.45, 7) is 38.3. The minimum absolute atomic E-state index is 0.0957. The van der Waals surface area contributed by atoms with Crippen LogP contribution in [0, 0.1) is 0 Å². The first-order valence-electron chi connectivity index (χ1n) is 14.9. The smallest absolute Gasteiger partial charge is 0.106 e. The van der Waals surface area contributed by atoms with Gasteiger partial charge in [-0.3, -0.25) is 0 Å². The molecule has 0 spiro atoms. The van der Waals surface area contributed by atoms with Gasteiger partial charge in [-0.15, -0.1) is 0 Å². The van der Waals surface area contributed by atoms with Gasteiger partial charge in [-0.2, -0.15) is 0 Å². The number of benzene rings is 2. The molecule has 0 N–H and O–H groups in total. The van der Waals surface area contributed by atoms with Crippen LogP contribution in [0.4, 0.5) is 0 Å². The second-order valence-corrected chi connectivity index (χ2v) is 16.2. The number of hydrogen-bond donors (Lipinski definition) is 0. The maximum atomic E-state index is 2.58. The Kier molecular flexibility index (Phi) is 7.98. The van der Waals surface area contributed by atoms with Gasteiger partial charge >= 0.3 is 0 Å². The van der Waals surface area contributed by atoms with E-state index in [1.54, 1.807) is 22.3 Å². The van der Waals surface area contributed by atoms with Crippen LogP contribution in [-0.2, 0) is 34.7 Å². The summed E-state index contributed by atoms with van der Waals surface area (Å²) < 4.78 is 1.17. The fourth-order valence-corrected chi connectivity index (χ4v) is 6.47. The monoisotopic (exact) mass is 504 g/mol. The molecule has 37 heavy (non-hydrogen) atoms. The molecule has 0 saturated carbocycles. The molecular formula is C36H58N+. The van der Waals surface area contributed by atoms with Gasteiger partial charge in [0.05, 0.1) is 13.1 Å². The van der Waals surface area contributed by atoms with Gasteiger partial charge < -0.3 is 4.48 Å². The third-order valence-corrected chi connectivity index (χ3v) is 8.52. The average molecular weight is 505 g/mol. The molecule has 3 rings (SSSR count). The minimum atomic E-state index is 0.0957. The first-order valence-corrected chi connectivity index (χ1v) is 14.9. The lowest BCUT2D eigenvalue weighted by Gasteiger charge is -2.40. The van der Waals surface area contributed by atoms with E-state index in [4.69, 9.17) is 0 Å². The van der Waals surface area contributed by atoms with Gasteiger partial charge in [0.15, 0.2) is 0 Å². The molecule has 1 nitrogen and oxygen atoms in total. The number of quaternary nitrogens is 1. The third-order valence-electron chi connectivity index (χ3n) is 8.52. The predicted molar refractivity (Wildman–Crippen MR) is 165 cm³/mol. The molecule has 0 bridgehead atoms. The van der Waals surface area contributed by atoms with Crippen LogP contribution in [0.25, 0.3) is 11.1 Å². The van der Waals surface area contributed by atoms with Crippen molar-refractivity contribution in [2.75, 3.05) is 13.1 Å². The zero-order valence-corrected chi connectivity index (χ0v) is 27.0. The third kappa shape index (κ3) is 6.19. The largest absolute Gasteiger partial charge is 0.316 e. The maximum absolute atomic E-state index is 2.58. The van der Waals surface area contributed by atoms with E-state index in [1.807, 2.05) is 0 Å². The molecule has 0 atom stereocenters. The first kappa shape index (κ1) is 29.9. The standard InChI is InChI=1S/C36H58N/c1-15-17-37(18-16-2)23-29-27(19-25(33(3,4)5)21-31(29)35(9,10)11)28-20-26(34(6,7)8)22-32(30(28)24-37)36(12,13)14/h19-22H,15-18,23-24H2,1-14H3/q+1. The summed E-state index contributed by atoms with van der Waals surface area (Å²) in [6, 6.07) is 10.3. The fraction of sp³-hybridized carbons (Fsp3) is 0.667. The van der Waals surface area contributed by atoms with Crippen LogP contribution in [0.15, 0.2) is 24.3 Å². The summed E-state index contributed by atoms with van der Waals surface area (Å²) in [5.41, 5.74) is 12.7. The van der Waals surface area contributed by atoms with Crippen molar-refractivity contribution in [3.05, 3.63) is 57.6 Å². The van der Waals surface area contributed by atoms with E-state index >= 15 is 0 Å². The summed E-state index contributed by atoms with van der Waals surface area (Å²) in [4.78, 5) is 0. The molecule has 206 valence electrons. The highest BCUT2D eigenvalue weighted by Gasteiger charge is 2.39. The zero-order valence-electron chi connectivity index (χ0n) is 27.0. The van der Waals surface area contributed by atoms with E-state index in [0.29, 0.717) is 0 Å². The van der Waals surface area contributed by atoms with Crippen molar-refractivity contribution in [1.82, 2.24) is 0 Å². The summed E-state index contributed by atoms with van der Waals surface area (Å²) in [5.74, 6) is 0. The lowest BCUT2D eigenvalue weighted by atomic mass is 9.73. The van der Waals surface area contributed by atoms with Gasteiger partial charge in [-0.1, -0.05) is 121 Å². The molecule has 0 amide bonds. The summed E-state index contributed by atoms with van der Waals surface area (Å²) in [6.07, 6.45) is 2.45. The van der Waals surface area contributed by atoms with E-state index < -0.39 is 0 Å². The van der Waals surface area contributed by atoms with Crippen molar-refractivity contribution < 1.29 is 4.48 Å². The Bertz CT molecular complexity index is 1030. The topological polar surface area (TPSA) is 0 Å². The Morgan fingerprint density at radius 3 is 1.08 bits per heavy atom. The SMILES string of the molecule is CCC[N+]1(CCC)Cc2c(cc(C(C)(C)C)cc2C(C)(C)C)-c2cc(C(C)(C)C)cc(C(C)(C)C)c2C1. The Hall–Kier alpha value is -1.60. The molecule has 1 heterocycles. The molecule has 2 aromatic rings. The normalized spacial score (nSPS) is 16.3. The van der Waals surface area contributed by atoms with Crippen LogP contribution >= 0.6 is 0 Å². The average Bonchev–Trinajstić information content (AvgIpc) is 2.84. The van der Waals surface area contributed by atoms with Crippen LogP contribution in [0.3, 0.4) is 0 Å². The lowest BCUT2D eigenvalue weighted by Crippen LogP contribution is -2.48. The quantitative estimate of drug-likeness (QED) is 0.363. The molecule has 0 aliphatic carbocycles. The number of hydrogen-bond acceptors (Lipinski definition) is 0. The molecule has 0 radical (unpaired) electrons. The highest BCUT2D eigenvalue weighted by atomic mass is 15.3. The Balaban J connectivity index is 2.61. The zero-order chi connectivity index (χ0) is 28.2. The van der Waals surface area contributed by atoms with Gasteiger partial charge in [0.2, 0.25) is 0 Å². The summed E-state index contributed by atoms with van der Waals surface area (Å²) in [7, 11) is 0. The highest BCUT2D eigenvalue weighted by molar-refractivity contribution is 5.76. The van der Waals surface area contributed by atoms with Gasteiger partial charge in [-0.25, -0.2) is 0 Å². The molecule has 0 aromatic heterocycles. The molecule has 0 fully saturated rings. The van der Waals surface area contributed by atoms with E-state index in [-0.39, 0.29) is 21.7 Å². The van der Waals surface area contributed by atoms with Crippen LogP contribution < -0.4 is 0 Å². The molecule has 1 aliphatic rings. The van der Waals surface area contributed by atoms with E-state index in [2.05, 4.69) is 121 Å². The Morgan fingerprint density at radius 1 is 0.514 bits per heavy atom. The van der Waals surface area contributed by atoms with Gasteiger partial charge in [0, 0.05) is 11.1 Å². The van der Waals surface area contributed by atoms with E-state index in [1.165, 1.54) is 52.7 Å². The molecule has 1 aliphatic heterocycles. The maximum Gasteiger partial charge on any atom is 0.106 e. The molecule has 2 aromatic carbocycles.